The van der Waals surface area contributed by atoms with Crippen molar-refractivity contribution in [1.82, 2.24) is 0 Å². The highest BCUT2D eigenvalue weighted by atomic mass is 15.1. The SMILES string of the molecule is CCC(N)c1ccc(N2CC(C)CC(C)C2)cc1. The third-order valence-corrected chi connectivity index (χ3v) is 4.00. The minimum atomic E-state index is 0.179. The lowest BCUT2D eigenvalue weighted by molar-refractivity contribution is 0.357. The second kappa shape index (κ2) is 5.75. The number of benzene rings is 1. The van der Waals surface area contributed by atoms with Gasteiger partial charge < -0.3 is 10.6 Å². The van der Waals surface area contributed by atoms with Gasteiger partial charge in [-0.05, 0) is 42.4 Å². The minimum Gasteiger partial charge on any atom is -0.371 e. The summed E-state index contributed by atoms with van der Waals surface area (Å²) in [6.07, 6.45) is 2.35. The molecule has 1 saturated heterocycles. The molecule has 2 heteroatoms. The molecule has 3 atom stereocenters. The first kappa shape index (κ1) is 13.4. The summed E-state index contributed by atoms with van der Waals surface area (Å²) in [5, 5.41) is 0. The van der Waals surface area contributed by atoms with E-state index < -0.39 is 0 Å². The van der Waals surface area contributed by atoms with Crippen molar-refractivity contribution in [3.05, 3.63) is 29.8 Å². The van der Waals surface area contributed by atoms with Crippen LogP contribution in [0.25, 0.3) is 0 Å². The Balaban J connectivity index is 2.09. The molecule has 0 saturated carbocycles. The molecule has 1 aliphatic heterocycles. The van der Waals surface area contributed by atoms with Gasteiger partial charge in [0.25, 0.3) is 0 Å². The molecule has 0 spiro atoms. The molecular formula is C16H26N2. The fourth-order valence-electron chi connectivity index (χ4n) is 3.04. The number of anilines is 1. The Morgan fingerprint density at radius 3 is 2.22 bits per heavy atom. The molecule has 0 aromatic heterocycles. The fourth-order valence-corrected chi connectivity index (χ4v) is 3.04. The van der Waals surface area contributed by atoms with Crippen LogP contribution in [0, 0.1) is 11.8 Å². The van der Waals surface area contributed by atoms with Crippen LogP contribution in [0.3, 0.4) is 0 Å². The van der Waals surface area contributed by atoms with E-state index in [1.165, 1.54) is 30.8 Å². The zero-order valence-corrected chi connectivity index (χ0v) is 11.9. The predicted molar refractivity (Wildman–Crippen MR) is 78.8 cm³/mol. The normalized spacial score (nSPS) is 26.1. The van der Waals surface area contributed by atoms with E-state index >= 15 is 0 Å². The molecule has 3 unspecified atom stereocenters. The molecule has 0 amide bonds. The van der Waals surface area contributed by atoms with Crippen LogP contribution in [0.2, 0.25) is 0 Å². The Kier molecular flexibility index (Phi) is 4.28. The zero-order valence-electron chi connectivity index (χ0n) is 11.9. The molecule has 0 bridgehead atoms. The second-order valence-corrected chi connectivity index (χ2v) is 5.96. The van der Waals surface area contributed by atoms with Gasteiger partial charge in [0.05, 0.1) is 0 Å². The Hall–Kier alpha value is -1.02. The predicted octanol–water partition coefficient (Wildman–Crippen LogP) is 3.58. The van der Waals surface area contributed by atoms with Crippen LogP contribution < -0.4 is 10.6 Å². The number of rotatable bonds is 3. The first-order valence-electron chi connectivity index (χ1n) is 7.20. The van der Waals surface area contributed by atoms with Crippen LogP contribution in [0.15, 0.2) is 24.3 Å². The molecule has 1 fully saturated rings. The van der Waals surface area contributed by atoms with E-state index in [9.17, 15) is 0 Å². The number of hydrogen-bond donors (Lipinski definition) is 1. The van der Waals surface area contributed by atoms with Crippen molar-refractivity contribution in [1.29, 1.82) is 0 Å². The molecular weight excluding hydrogens is 220 g/mol. The molecule has 1 heterocycles. The molecule has 1 aromatic carbocycles. The average Bonchev–Trinajstić information content (AvgIpc) is 2.37. The van der Waals surface area contributed by atoms with E-state index in [1.54, 1.807) is 0 Å². The highest BCUT2D eigenvalue weighted by Gasteiger charge is 2.21. The van der Waals surface area contributed by atoms with Gasteiger partial charge in [-0.3, -0.25) is 0 Å². The van der Waals surface area contributed by atoms with E-state index in [2.05, 4.69) is 49.9 Å². The summed E-state index contributed by atoms with van der Waals surface area (Å²) < 4.78 is 0. The van der Waals surface area contributed by atoms with Crippen molar-refractivity contribution in [2.45, 2.75) is 39.7 Å². The number of nitrogens with zero attached hydrogens (tertiary/aromatic N) is 1. The highest BCUT2D eigenvalue weighted by molar-refractivity contribution is 5.48. The van der Waals surface area contributed by atoms with Gasteiger partial charge in [-0.1, -0.05) is 32.9 Å². The largest absolute Gasteiger partial charge is 0.371 e. The Morgan fingerprint density at radius 1 is 1.17 bits per heavy atom. The second-order valence-electron chi connectivity index (χ2n) is 5.96. The van der Waals surface area contributed by atoms with Crippen molar-refractivity contribution in [3.63, 3.8) is 0 Å². The number of nitrogens with two attached hydrogens (primary N) is 1. The monoisotopic (exact) mass is 246 g/mol. The topological polar surface area (TPSA) is 29.3 Å². The van der Waals surface area contributed by atoms with Crippen LogP contribution in [0.5, 0.6) is 0 Å². The van der Waals surface area contributed by atoms with Gasteiger partial charge in [-0.15, -0.1) is 0 Å². The lowest BCUT2D eigenvalue weighted by Gasteiger charge is -2.36. The molecule has 100 valence electrons. The van der Waals surface area contributed by atoms with Gasteiger partial charge in [0.2, 0.25) is 0 Å². The standard InChI is InChI=1S/C16H26N2/c1-4-16(17)14-5-7-15(8-6-14)18-10-12(2)9-13(3)11-18/h5-8,12-13,16H,4,9-11,17H2,1-3H3. The Morgan fingerprint density at radius 2 is 1.72 bits per heavy atom. The van der Waals surface area contributed by atoms with Crippen molar-refractivity contribution in [2.75, 3.05) is 18.0 Å². The van der Waals surface area contributed by atoms with E-state index in [0.29, 0.717) is 0 Å². The quantitative estimate of drug-likeness (QED) is 0.883. The first-order chi connectivity index (χ1) is 8.60. The van der Waals surface area contributed by atoms with Gasteiger partial charge in [-0.2, -0.15) is 0 Å². The molecule has 0 radical (unpaired) electrons. The van der Waals surface area contributed by atoms with Crippen LogP contribution in [0.4, 0.5) is 5.69 Å². The maximum atomic E-state index is 6.05. The van der Waals surface area contributed by atoms with E-state index in [4.69, 9.17) is 5.73 Å². The maximum absolute atomic E-state index is 6.05. The summed E-state index contributed by atoms with van der Waals surface area (Å²) in [5.41, 5.74) is 8.65. The van der Waals surface area contributed by atoms with Gasteiger partial charge >= 0.3 is 0 Å². The lowest BCUT2D eigenvalue weighted by atomic mass is 9.91. The lowest BCUT2D eigenvalue weighted by Crippen LogP contribution is -2.38. The molecule has 1 aliphatic rings. The minimum absolute atomic E-state index is 0.179. The van der Waals surface area contributed by atoms with Crippen molar-refractivity contribution >= 4 is 5.69 Å². The molecule has 18 heavy (non-hydrogen) atoms. The van der Waals surface area contributed by atoms with E-state index in [0.717, 1.165) is 18.3 Å². The van der Waals surface area contributed by atoms with Crippen LogP contribution in [0.1, 0.15) is 45.2 Å². The number of piperidine rings is 1. The summed E-state index contributed by atoms with van der Waals surface area (Å²) in [6.45, 7) is 9.20. The Bertz CT molecular complexity index is 361. The molecule has 2 N–H and O–H groups in total. The zero-order chi connectivity index (χ0) is 13.1. The van der Waals surface area contributed by atoms with Crippen LogP contribution in [-0.4, -0.2) is 13.1 Å². The smallest absolute Gasteiger partial charge is 0.0366 e. The fraction of sp³-hybridized carbons (Fsp3) is 0.625. The average molecular weight is 246 g/mol. The summed E-state index contributed by atoms with van der Waals surface area (Å²) in [6, 6.07) is 9.02. The molecule has 1 aromatic rings. The molecule has 0 aliphatic carbocycles. The third-order valence-electron chi connectivity index (χ3n) is 4.00. The molecule has 2 nitrogen and oxygen atoms in total. The summed E-state index contributed by atoms with van der Waals surface area (Å²) in [5.74, 6) is 1.60. The van der Waals surface area contributed by atoms with Gasteiger partial charge in [0.1, 0.15) is 0 Å². The third kappa shape index (κ3) is 3.05. The van der Waals surface area contributed by atoms with Crippen molar-refractivity contribution in [2.24, 2.45) is 17.6 Å². The highest BCUT2D eigenvalue weighted by Crippen LogP contribution is 2.27. The summed E-state index contributed by atoms with van der Waals surface area (Å²) in [7, 11) is 0. The Labute approximate surface area is 111 Å². The van der Waals surface area contributed by atoms with Crippen LogP contribution in [-0.2, 0) is 0 Å². The van der Waals surface area contributed by atoms with Crippen molar-refractivity contribution < 1.29 is 0 Å². The van der Waals surface area contributed by atoms with Crippen LogP contribution >= 0.6 is 0 Å². The summed E-state index contributed by atoms with van der Waals surface area (Å²) >= 11 is 0. The molecule has 2 rings (SSSR count). The van der Waals surface area contributed by atoms with E-state index in [-0.39, 0.29) is 6.04 Å². The maximum Gasteiger partial charge on any atom is 0.0366 e. The van der Waals surface area contributed by atoms with Gasteiger partial charge in [0, 0.05) is 24.8 Å². The van der Waals surface area contributed by atoms with Gasteiger partial charge in [0.15, 0.2) is 0 Å². The number of hydrogen-bond acceptors (Lipinski definition) is 2. The summed E-state index contributed by atoms with van der Waals surface area (Å²) in [4.78, 5) is 2.51. The van der Waals surface area contributed by atoms with Gasteiger partial charge in [-0.25, -0.2) is 0 Å². The van der Waals surface area contributed by atoms with E-state index in [1.807, 2.05) is 0 Å². The van der Waals surface area contributed by atoms with Crippen molar-refractivity contribution in [3.8, 4) is 0 Å². The first-order valence-corrected chi connectivity index (χ1v) is 7.20.